The molecule has 0 aromatic heterocycles. The number of halogens is 4. The smallest absolute Gasteiger partial charge is 0.232 e. The second-order valence-electron chi connectivity index (χ2n) is 3.93. The van der Waals surface area contributed by atoms with Crippen molar-refractivity contribution in [3.63, 3.8) is 0 Å². The Morgan fingerprint density at radius 2 is 1.89 bits per heavy atom. The van der Waals surface area contributed by atoms with Crippen LogP contribution in [0.3, 0.4) is 0 Å². The average Bonchev–Trinajstić information content (AvgIpc) is 2.34. The van der Waals surface area contributed by atoms with Crippen LogP contribution in [0.5, 0.6) is 0 Å². The largest absolute Gasteiger partial charge is 0.370 e. The van der Waals surface area contributed by atoms with Crippen molar-refractivity contribution < 1.29 is 27.1 Å². The fourth-order valence-corrected chi connectivity index (χ4v) is 1.76. The average molecular weight is 304 g/mol. The van der Waals surface area contributed by atoms with Crippen LogP contribution in [0, 0.1) is 5.92 Å². The van der Waals surface area contributed by atoms with Crippen molar-refractivity contribution in [1.29, 1.82) is 0 Å². The van der Waals surface area contributed by atoms with Crippen LogP contribution in [0.15, 0.2) is 23.3 Å². The Hall–Kier alpha value is 0.331. The maximum atomic E-state index is 13.7. The van der Waals surface area contributed by atoms with Crippen molar-refractivity contribution in [3.8, 4) is 0 Å². The first-order valence-electron chi connectivity index (χ1n) is 5.25. The molecule has 2 unspecified atom stereocenters. The fourth-order valence-electron chi connectivity index (χ4n) is 1.76. The minimum atomic E-state index is -2.21. The van der Waals surface area contributed by atoms with Gasteiger partial charge in [-0.05, 0) is 13.4 Å². The van der Waals surface area contributed by atoms with Crippen LogP contribution in [-0.2, 0) is 9.53 Å². The summed E-state index contributed by atoms with van der Waals surface area (Å²) >= 11 is 0. The van der Waals surface area contributed by atoms with Crippen LogP contribution < -0.4 is 5.32 Å². The number of amides is 1. The number of nitrogens with one attached hydrogen (secondary N) is 1. The minimum absolute atomic E-state index is 0. The summed E-state index contributed by atoms with van der Waals surface area (Å²) in [5.74, 6) is -10.2. The maximum Gasteiger partial charge on any atom is 0.232 e. The van der Waals surface area contributed by atoms with Gasteiger partial charge in [-0.25, -0.2) is 17.6 Å². The van der Waals surface area contributed by atoms with E-state index in [4.69, 9.17) is 0 Å². The van der Waals surface area contributed by atoms with E-state index in [0.717, 1.165) is 14.0 Å². The molecule has 0 fully saturated rings. The predicted octanol–water partition coefficient (Wildman–Crippen LogP) is 0.648. The number of hydrogen-bond donors (Lipinski definition) is 1. The number of allylic oxidation sites excluding steroid dienone is 2. The first-order chi connectivity index (χ1) is 8.31. The number of carbonyl (C=O) groups is 1. The molecule has 0 spiro atoms. The number of hydrogen-bond acceptors (Lipinski definition) is 2. The van der Waals surface area contributed by atoms with Gasteiger partial charge in [-0.3, -0.25) is 4.79 Å². The summed E-state index contributed by atoms with van der Waals surface area (Å²) in [6.45, 7) is 0.980. The van der Waals surface area contributed by atoms with E-state index >= 15 is 0 Å². The summed E-state index contributed by atoms with van der Waals surface area (Å²) in [5.41, 5.74) is -2.21. The van der Waals surface area contributed by atoms with Gasteiger partial charge in [-0.1, -0.05) is 0 Å². The van der Waals surface area contributed by atoms with Crippen molar-refractivity contribution in [2.75, 3.05) is 13.6 Å². The predicted molar refractivity (Wildman–Crippen MR) is 64.7 cm³/mol. The van der Waals surface area contributed by atoms with Gasteiger partial charge in [0.15, 0.2) is 23.3 Å². The van der Waals surface area contributed by atoms with E-state index < -0.39 is 40.7 Å². The molecule has 9 heteroatoms. The normalized spacial score (nSPS) is 27.2. The number of carbonyl (C=O) groups excluding carboxylic acids is 1. The molecule has 0 aliphatic heterocycles. The Morgan fingerprint density at radius 1 is 1.37 bits per heavy atom. The summed E-state index contributed by atoms with van der Waals surface area (Å²) < 4.78 is 58.3. The molecule has 0 heterocycles. The maximum absolute atomic E-state index is 13.7. The van der Waals surface area contributed by atoms with Gasteiger partial charge < -0.3 is 10.1 Å². The van der Waals surface area contributed by atoms with Gasteiger partial charge in [-0.15, -0.1) is 0 Å². The van der Waals surface area contributed by atoms with Crippen molar-refractivity contribution in [2.45, 2.75) is 12.5 Å². The molecule has 0 saturated carbocycles. The van der Waals surface area contributed by atoms with Gasteiger partial charge in [0.05, 0.1) is 0 Å². The number of methoxy groups -OCH3 is 1. The minimum Gasteiger partial charge on any atom is -0.370 e. The van der Waals surface area contributed by atoms with Crippen LogP contribution in [0.4, 0.5) is 17.6 Å². The van der Waals surface area contributed by atoms with Crippen LogP contribution in [0.1, 0.15) is 6.92 Å². The van der Waals surface area contributed by atoms with Gasteiger partial charge in [0.25, 0.3) is 0 Å². The molecule has 1 aliphatic rings. The SMILES string of the molecule is BCNC(=O)C1C(F)=C(F)C(F)=C(F)C1(C)OC.[K]. The third kappa shape index (κ3) is 3.33. The molecule has 0 aromatic rings. The molecule has 1 amide bonds. The summed E-state index contributed by atoms with van der Waals surface area (Å²) in [5, 5.41) is 2.22. The van der Waals surface area contributed by atoms with Crippen LogP contribution >= 0.6 is 0 Å². The Kier molecular flexibility index (Phi) is 7.50. The Labute approximate surface area is 151 Å². The second kappa shape index (κ2) is 7.37. The molecule has 1 rings (SSSR count). The molecule has 3 nitrogen and oxygen atoms in total. The first-order valence-corrected chi connectivity index (χ1v) is 5.25. The van der Waals surface area contributed by atoms with E-state index in [-0.39, 0.29) is 57.8 Å². The third-order valence-electron chi connectivity index (χ3n) is 2.87. The molecule has 0 saturated heterocycles. The van der Waals surface area contributed by atoms with Gasteiger partial charge >= 0.3 is 0 Å². The Balaban J connectivity index is 0.00000324. The molecule has 1 N–H and O–H groups in total. The molecule has 0 bridgehead atoms. The molecule has 2 atom stereocenters. The molecular formula is C10H12BF4KNO2. The van der Waals surface area contributed by atoms with Crippen molar-refractivity contribution >= 4 is 65.1 Å². The summed E-state index contributed by atoms with van der Waals surface area (Å²) in [6.07, 6.45) is 0.137. The van der Waals surface area contributed by atoms with Gasteiger partial charge in [-0.2, -0.15) is 0 Å². The summed E-state index contributed by atoms with van der Waals surface area (Å²) in [6, 6.07) is 0. The van der Waals surface area contributed by atoms with E-state index in [0.29, 0.717) is 0 Å². The van der Waals surface area contributed by atoms with Crippen LogP contribution in [0.25, 0.3) is 0 Å². The standard InChI is InChI=1S/C10H12BF4NO2.K/c1-10(18-2)4(9(17)16-3-11)5(12)6(13)7(14)8(10)15;/h4H,3,11H2,1-2H3,(H,16,17);. The molecule has 1 radical (unpaired) electrons. The van der Waals surface area contributed by atoms with Gasteiger partial charge in [0, 0.05) is 58.5 Å². The molecular weight excluding hydrogens is 292 g/mol. The molecule has 101 valence electrons. The summed E-state index contributed by atoms with van der Waals surface area (Å²) in [7, 11) is 2.53. The molecule has 0 aromatic carbocycles. The molecule has 19 heavy (non-hydrogen) atoms. The van der Waals surface area contributed by atoms with E-state index in [1.54, 1.807) is 7.85 Å². The van der Waals surface area contributed by atoms with Crippen molar-refractivity contribution in [3.05, 3.63) is 23.3 Å². The van der Waals surface area contributed by atoms with E-state index in [1.807, 2.05) is 0 Å². The van der Waals surface area contributed by atoms with E-state index in [9.17, 15) is 22.4 Å². The van der Waals surface area contributed by atoms with Crippen LogP contribution in [-0.4, -0.2) is 84.3 Å². The zero-order valence-electron chi connectivity index (χ0n) is 11.1. The third-order valence-corrected chi connectivity index (χ3v) is 2.87. The van der Waals surface area contributed by atoms with Crippen LogP contribution in [0.2, 0.25) is 0 Å². The quantitative estimate of drug-likeness (QED) is 0.614. The number of ether oxygens (including phenoxy) is 1. The number of rotatable bonds is 3. The zero-order valence-corrected chi connectivity index (χ0v) is 14.2. The second-order valence-corrected chi connectivity index (χ2v) is 3.93. The molecule has 1 aliphatic carbocycles. The fraction of sp³-hybridized carbons (Fsp3) is 0.500. The monoisotopic (exact) mass is 304 g/mol. The van der Waals surface area contributed by atoms with Gasteiger partial charge in [0.2, 0.25) is 5.91 Å². The van der Waals surface area contributed by atoms with E-state index in [1.165, 1.54) is 0 Å². The Morgan fingerprint density at radius 3 is 2.32 bits per heavy atom. The topological polar surface area (TPSA) is 38.3 Å². The van der Waals surface area contributed by atoms with Crippen molar-refractivity contribution in [1.82, 2.24) is 5.32 Å². The zero-order chi connectivity index (χ0) is 14.1. The Bertz CT molecular complexity index is 443. The van der Waals surface area contributed by atoms with E-state index in [2.05, 4.69) is 10.1 Å². The summed E-state index contributed by atoms with van der Waals surface area (Å²) in [4.78, 5) is 11.6. The van der Waals surface area contributed by atoms with Crippen molar-refractivity contribution in [2.24, 2.45) is 5.92 Å². The first kappa shape index (κ1) is 19.3. The van der Waals surface area contributed by atoms with Gasteiger partial charge in [0.1, 0.15) is 19.4 Å².